The normalized spacial score (nSPS) is 11.1. The fourth-order valence-electron chi connectivity index (χ4n) is 3.86. The number of nitrogens with one attached hydrogen (secondary N) is 2. The summed E-state index contributed by atoms with van der Waals surface area (Å²) < 4.78 is 63.6. The summed E-state index contributed by atoms with van der Waals surface area (Å²) in [6, 6.07) is 18.3. The van der Waals surface area contributed by atoms with Crippen molar-refractivity contribution < 1.29 is 45.5 Å². The van der Waals surface area contributed by atoms with Crippen LogP contribution in [0.25, 0.3) is 10.8 Å². The summed E-state index contributed by atoms with van der Waals surface area (Å²) in [4.78, 5) is 54.4. The molecule has 3 heterocycles. The summed E-state index contributed by atoms with van der Waals surface area (Å²) in [6.45, 7) is 0. The lowest BCUT2D eigenvalue weighted by molar-refractivity contribution is 0.0585. The number of fused-ring (bicyclic) bond motifs is 1. The number of pyridine rings is 2. The highest BCUT2D eigenvalue weighted by molar-refractivity contribution is 9.13. The van der Waals surface area contributed by atoms with Crippen molar-refractivity contribution in [1.82, 2.24) is 19.4 Å². The Bertz CT molecular complexity index is 2250. The number of amides is 2. The van der Waals surface area contributed by atoms with Gasteiger partial charge in [0.1, 0.15) is 15.6 Å². The Kier molecular flexibility index (Phi) is 12.0. The van der Waals surface area contributed by atoms with Gasteiger partial charge in [-0.3, -0.25) is 9.59 Å². The van der Waals surface area contributed by atoms with Crippen molar-refractivity contribution in [2.45, 2.75) is 9.10 Å². The number of rotatable bonds is 8. The molecule has 0 radical (unpaired) electrons. The van der Waals surface area contributed by atoms with E-state index in [2.05, 4.69) is 51.3 Å². The molecule has 0 fully saturated rings. The van der Waals surface area contributed by atoms with E-state index in [4.69, 9.17) is 0 Å². The first-order valence-electron chi connectivity index (χ1n) is 13.3. The predicted molar refractivity (Wildman–Crippen MR) is 184 cm³/mol. The van der Waals surface area contributed by atoms with Crippen LogP contribution >= 0.6 is 43.2 Å². The first-order chi connectivity index (χ1) is 23.2. The molecule has 0 unspecified atom stereocenters. The number of methoxy groups -OCH3 is 2. The molecule has 0 atom stereocenters. The molecule has 2 aromatic carbocycles. The molecule has 19 heteroatoms. The van der Waals surface area contributed by atoms with Gasteiger partial charge in [-0.25, -0.2) is 45.8 Å². The molecule has 14 nitrogen and oxygen atoms in total. The van der Waals surface area contributed by atoms with Gasteiger partial charge in [0.25, 0.3) is 31.9 Å². The Labute approximate surface area is 300 Å². The number of thiophene rings is 1. The SMILES string of the molecule is COC(=O)c1ccc(C(=O)NS(=O)(=O)c2cc(Br)c(Br)s2)cn1.COC(=O)c1ccc(C(=O)NS(=O)(=O)c2cccc3ccccc23)cn1. The van der Waals surface area contributed by atoms with Crippen LogP contribution in [-0.4, -0.2) is 64.8 Å². The second-order valence-corrected chi connectivity index (χ2v) is 16.2. The second-order valence-electron chi connectivity index (χ2n) is 9.38. The van der Waals surface area contributed by atoms with E-state index in [0.29, 0.717) is 13.6 Å². The minimum Gasteiger partial charge on any atom is -0.464 e. The largest absolute Gasteiger partial charge is 0.464 e. The molecule has 2 amide bonds. The van der Waals surface area contributed by atoms with Crippen molar-refractivity contribution in [1.29, 1.82) is 0 Å². The topological polar surface area (TPSA) is 205 Å². The third-order valence-electron chi connectivity index (χ3n) is 6.22. The summed E-state index contributed by atoms with van der Waals surface area (Å²) in [6.07, 6.45) is 2.21. The second kappa shape index (κ2) is 15.8. The number of esters is 2. The summed E-state index contributed by atoms with van der Waals surface area (Å²) in [7, 11) is -5.67. The maximum Gasteiger partial charge on any atom is 0.356 e. The number of ether oxygens (including phenoxy) is 2. The van der Waals surface area contributed by atoms with Crippen molar-refractivity contribution in [3.05, 3.63) is 116 Å². The number of nitrogens with zero attached hydrogens (tertiary/aromatic N) is 2. The van der Waals surface area contributed by atoms with E-state index in [-0.39, 0.29) is 31.6 Å². The van der Waals surface area contributed by atoms with E-state index in [1.165, 1.54) is 50.6 Å². The van der Waals surface area contributed by atoms with Gasteiger partial charge in [-0.2, -0.15) is 0 Å². The average molecular weight is 855 g/mol. The molecule has 3 aromatic heterocycles. The number of aromatic nitrogens is 2. The maximum absolute atomic E-state index is 12.6. The summed E-state index contributed by atoms with van der Waals surface area (Å²) in [5.74, 6) is -3.00. The number of hydrogen-bond donors (Lipinski definition) is 2. The molecule has 0 saturated carbocycles. The van der Waals surface area contributed by atoms with Crippen LogP contribution in [-0.2, 0) is 29.5 Å². The van der Waals surface area contributed by atoms with Gasteiger partial charge in [-0.15, -0.1) is 11.3 Å². The molecule has 0 aliphatic rings. The zero-order valence-corrected chi connectivity index (χ0v) is 30.7. The number of benzene rings is 2. The quantitative estimate of drug-likeness (QED) is 0.204. The van der Waals surface area contributed by atoms with Gasteiger partial charge in [0.2, 0.25) is 0 Å². The highest BCUT2D eigenvalue weighted by Crippen LogP contribution is 2.34. The molecule has 5 aromatic rings. The number of carbonyl (C=O) groups excluding carboxylic acids is 4. The summed E-state index contributed by atoms with van der Waals surface area (Å²) >= 11 is 7.33. The molecule has 0 aliphatic carbocycles. The lowest BCUT2D eigenvalue weighted by Gasteiger charge is -2.09. The molecular weight excluding hydrogens is 832 g/mol. The van der Waals surface area contributed by atoms with Gasteiger partial charge in [-0.05, 0) is 73.6 Å². The van der Waals surface area contributed by atoms with Crippen molar-refractivity contribution in [3.63, 3.8) is 0 Å². The Balaban J connectivity index is 0.000000223. The van der Waals surface area contributed by atoms with Crippen LogP contribution in [0.3, 0.4) is 0 Å². The minimum absolute atomic E-state index is 0.00136. The zero-order chi connectivity index (χ0) is 35.9. The van der Waals surface area contributed by atoms with Crippen molar-refractivity contribution in [2.75, 3.05) is 14.2 Å². The van der Waals surface area contributed by atoms with Gasteiger partial charge < -0.3 is 9.47 Å². The van der Waals surface area contributed by atoms with E-state index in [1.54, 1.807) is 36.4 Å². The number of sulfonamides is 2. The van der Waals surface area contributed by atoms with Crippen LogP contribution in [0.4, 0.5) is 0 Å². The molecular formula is C30H22Br2N4O10S3. The first kappa shape index (κ1) is 37.3. The Morgan fingerprint density at radius 2 is 1.20 bits per heavy atom. The fraction of sp³-hybridized carbons (Fsp3) is 0.0667. The fourth-order valence-corrected chi connectivity index (χ4v) is 8.86. The smallest absolute Gasteiger partial charge is 0.356 e. The maximum atomic E-state index is 12.6. The summed E-state index contributed by atoms with van der Waals surface area (Å²) in [5.41, 5.74) is 0.0244. The van der Waals surface area contributed by atoms with Crippen LogP contribution in [0.5, 0.6) is 0 Å². The predicted octanol–water partition coefficient (Wildman–Crippen LogP) is 4.71. The standard InChI is InChI=1S/C18H14N2O5S.C12H8Br2N2O5S2/c1-25-18(22)15-10-9-13(11-19-15)17(21)20-26(23,24)16-8-4-6-12-5-2-3-7-14(12)16;1-21-12(18)8-3-2-6(5-15-8)11(17)16-23(19,20)9-4-7(13)10(14)22-9/h2-11H,1H3,(H,20,21);2-5H,1H3,(H,16,17). The van der Waals surface area contributed by atoms with E-state index < -0.39 is 43.8 Å². The van der Waals surface area contributed by atoms with Crippen LogP contribution in [0.2, 0.25) is 0 Å². The van der Waals surface area contributed by atoms with Crippen molar-refractivity contribution in [2.24, 2.45) is 0 Å². The van der Waals surface area contributed by atoms with E-state index in [9.17, 15) is 36.0 Å². The van der Waals surface area contributed by atoms with Gasteiger partial charge >= 0.3 is 11.9 Å². The average Bonchev–Trinajstić information content (AvgIpc) is 3.45. The molecule has 0 spiro atoms. The van der Waals surface area contributed by atoms with Crippen LogP contribution in [0.1, 0.15) is 41.7 Å². The molecule has 2 N–H and O–H groups in total. The zero-order valence-electron chi connectivity index (χ0n) is 25.0. The van der Waals surface area contributed by atoms with Crippen LogP contribution in [0, 0.1) is 0 Å². The third kappa shape index (κ3) is 9.12. The highest BCUT2D eigenvalue weighted by Gasteiger charge is 2.23. The van der Waals surface area contributed by atoms with E-state index in [0.717, 1.165) is 29.1 Å². The van der Waals surface area contributed by atoms with E-state index >= 15 is 0 Å². The van der Waals surface area contributed by atoms with Gasteiger partial charge in [0.05, 0.1) is 34.0 Å². The monoisotopic (exact) mass is 852 g/mol. The van der Waals surface area contributed by atoms with Gasteiger partial charge in [-0.1, -0.05) is 36.4 Å². The molecule has 0 bridgehead atoms. The third-order valence-corrected chi connectivity index (χ3v) is 12.7. The van der Waals surface area contributed by atoms with Crippen molar-refractivity contribution >= 4 is 97.8 Å². The summed E-state index contributed by atoms with van der Waals surface area (Å²) in [5, 5.41) is 1.25. The van der Waals surface area contributed by atoms with Gasteiger partial charge in [0.15, 0.2) is 0 Å². The molecule has 0 saturated heterocycles. The number of hydrogen-bond acceptors (Lipinski definition) is 13. The molecule has 0 aliphatic heterocycles. The van der Waals surface area contributed by atoms with Crippen LogP contribution < -0.4 is 9.44 Å². The lowest BCUT2D eigenvalue weighted by atomic mass is 10.1. The van der Waals surface area contributed by atoms with Gasteiger partial charge in [0, 0.05) is 22.3 Å². The Morgan fingerprint density at radius 3 is 1.67 bits per heavy atom. The van der Waals surface area contributed by atoms with Crippen LogP contribution in [0.15, 0.2) is 103 Å². The molecule has 254 valence electrons. The number of halogens is 2. The first-order valence-corrected chi connectivity index (χ1v) is 18.7. The minimum atomic E-state index is -4.08. The van der Waals surface area contributed by atoms with Crippen molar-refractivity contribution in [3.8, 4) is 0 Å². The molecule has 49 heavy (non-hydrogen) atoms. The molecule has 5 rings (SSSR count). The van der Waals surface area contributed by atoms with E-state index in [1.807, 2.05) is 9.44 Å². The number of carbonyl (C=O) groups is 4. The Morgan fingerprint density at radius 1 is 0.694 bits per heavy atom. The lowest BCUT2D eigenvalue weighted by Crippen LogP contribution is -2.30. The Hall–Kier alpha value is -4.56. The highest BCUT2D eigenvalue weighted by atomic mass is 79.9.